The van der Waals surface area contributed by atoms with Gasteiger partial charge >= 0.3 is 0 Å². The van der Waals surface area contributed by atoms with Crippen molar-refractivity contribution in [2.45, 2.75) is 26.2 Å². The van der Waals surface area contributed by atoms with Gasteiger partial charge in [0.1, 0.15) is 6.33 Å². The van der Waals surface area contributed by atoms with E-state index in [1.165, 1.54) is 6.33 Å². The topological polar surface area (TPSA) is 37.8 Å². The molecule has 0 fully saturated rings. The van der Waals surface area contributed by atoms with Crippen LogP contribution in [0.2, 0.25) is 0 Å². The van der Waals surface area contributed by atoms with Gasteiger partial charge in [0, 0.05) is 18.9 Å². The molecule has 0 amide bonds. The van der Waals surface area contributed by atoms with E-state index in [4.69, 9.17) is 0 Å². The molecule has 74 valence electrons. The lowest BCUT2D eigenvalue weighted by molar-refractivity contribution is 0.329. The smallest absolute Gasteiger partial charge is 0.115 e. The second kappa shape index (κ2) is 11.0. The first-order valence-corrected chi connectivity index (χ1v) is 4.45. The fraction of sp³-hybridized carbons (Fsp3) is 0.556. The fourth-order valence-electron chi connectivity index (χ4n) is 0.695. The molecule has 3 nitrogen and oxygen atoms in total. The van der Waals surface area contributed by atoms with Gasteiger partial charge in [-0.1, -0.05) is 19.8 Å². The van der Waals surface area contributed by atoms with Gasteiger partial charge < -0.3 is 0 Å². The van der Waals surface area contributed by atoms with E-state index in [1.807, 2.05) is 0 Å². The zero-order valence-corrected chi connectivity index (χ0v) is 7.91. The largest absolute Gasteiger partial charge is 0.245 e. The number of unbranched alkanes of at least 4 members (excludes halogenated alkanes) is 2. The summed E-state index contributed by atoms with van der Waals surface area (Å²) in [5.41, 5.74) is 1.60. The molecular weight excluding hydrogens is 169 g/mol. The van der Waals surface area contributed by atoms with Gasteiger partial charge in [0.15, 0.2) is 0 Å². The van der Waals surface area contributed by atoms with Crippen molar-refractivity contribution in [3.8, 4) is 0 Å². The van der Waals surface area contributed by atoms with Crippen LogP contribution >= 0.6 is 0 Å². The van der Waals surface area contributed by atoms with E-state index in [0.29, 0.717) is 6.54 Å². The number of nitrogens with zero attached hydrogens (tertiary/aromatic N) is 2. The van der Waals surface area contributed by atoms with Crippen LogP contribution in [0.15, 0.2) is 24.8 Å². The molecule has 0 radical (unpaired) electrons. The second-order valence-electron chi connectivity index (χ2n) is 2.49. The summed E-state index contributed by atoms with van der Waals surface area (Å²) in [6.07, 6.45) is 8.10. The normalized spacial score (nSPS) is 8.77. The van der Waals surface area contributed by atoms with Gasteiger partial charge in [0.2, 0.25) is 0 Å². The third-order valence-corrected chi connectivity index (χ3v) is 1.35. The second-order valence-corrected chi connectivity index (χ2v) is 2.49. The molecular formula is C9H16FN3. The lowest BCUT2D eigenvalue weighted by Gasteiger charge is -1.90. The molecule has 0 saturated heterocycles. The third kappa shape index (κ3) is 11.0. The van der Waals surface area contributed by atoms with E-state index >= 15 is 0 Å². The number of hydrogen-bond acceptors (Lipinski definition) is 3. The highest BCUT2D eigenvalue weighted by Crippen LogP contribution is 1.90. The van der Waals surface area contributed by atoms with Crippen molar-refractivity contribution in [2.75, 3.05) is 6.54 Å². The molecule has 1 N–H and O–H groups in total. The highest BCUT2D eigenvalue weighted by Gasteiger charge is 1.80. The van der Waals surface area contributed by atoms with Gasteiger partial charge in [0.25, 0.3) is 0 Å². The summed E-state index contributed by atoms with van der Waals surface area (Å²) in [5, 5.41) is 0. The van der Waals surface area contributed by atoms with E-state index in [2.05, 4.69) is 16.9 Å². The Kier molecular flexibility index (Phi) is 10.1. The van der Waals surface area contributed by atoms with Crippen molar-refractivity contribution in [3.05, 3.63) is 24.8 Å². The van der Waals surface area contributed by atoms with Gasteiger partial charge in [-0.05, 0) is 12.5 Å². The Labute approximate surface area is 78.4 Å². The molecule has 0 saturated carbocycles. The molecule has 0 aliphatic rings. The van der Waals surface area contributed by atoms with Gasteiger partial charge in [-0.2, -0.15) is 5.54 Å². The van der Waals surface area contributed by atoms with Crippen LogP contribution in [0.5, 0.6) is 0 Å². The highest BCUT2D eigenvalue weighted by molar-refractivity contribution is 4.74. The minimum Gasteiger partial charge on any atom is -0.245 e. The number of nitrogens with one attached hydrogen (secondary N) is 1. The van der Waals surface area contributed by atoms with Gasteiger partial charge in [-0.25, -0.2) is 9.97 Å². The van der Waals surface area contributed by atoms with Crippen molar-refractivity contribution in [3.63, 3.8) is 0 Å². The lowest BCUT2D eigenvalue weighted by Crippen LogP contribution is -2.00. The van der Waals surface area contributed by atoms with Crippen LogP contribution in [-0.2, 0) is 0 Å². The van der Waals surface area contributed by atoms with Crippen molar-refractivity contribution in [1.29, 1.82) is 0 Å². The van der Waals surface area contributed by atoms with Crippen molar-refractivity contribution < 1.29 is 4.48 Å². The molecule has 1 aromatic rings. The minimum atomic E-state index is 0.508. The van der Waals surface area contributed by atoms with E-state index in [0.717, 1.165) is 19.3 Å². The van der Waals surface area contributed by atoms with Crippen LogP contribution < -0.4 is 5.54 Å². The number of aromatic nitrogens is 2. The Bertz CT molecular complexity index is 139. The van der Waals surface area contributed by atoms with Gasteiger partial charge in [0.05, 0.1) is 0 Å². The van der Waals surface area contributed by atoms with E-state index in [-0.39, 0.29) is 0 Å². The molecule has 1 rings (SSSR count). The Hall–Kier alpha value is -1.03. The summed E-state index contributed by atoms with van der Waals surface area (Å²) in [6.45, 7) is 2.60. The van der Waals surface area contributed by atoms with Crippen LogP contribution in [0.25, 0.3) is 0 Å². The molecule has 1 heterocycles. The lowest BCUT2D eigenvalue weighted by atomic mass is 10.3. The summed E-state index contributed by atoms with van der Waals surface area (Å²) < 4.78 is 11.1. The SMILES string of the molecule is CCCCCNF.c1cncnc1. The summed E-state index contributed by atoms with van der Waals surface area (Å²) in [7, 11) is 0. The van der Waals surface area contributed by atoms with E-state index in [1.54, 1.807) is 24.0 Å². The number of hydrogen-bond donors (Lipinski definition) is 1. The molecule has 0 bridgehead atoms. The van der Waals surface area contributed by atoms with Crippen molar-refractivity contribution in [1.82, 2.24) is 15.5 Å². The predicted octanol–water partition coefficient (Wildman–Crippen LogP) is 2.13. The molecule has 1 aromatic heterocycles. The molecule has 13 heavy (non-hydrogen) atoms. The molecule has 0 spiro atoms. The third-order valence-electron chi connectivity index (χ3n) is 1.35. The molecule has 4 heteroatoms. The summed E-state index contributed by atoms with van der Waals surface area (Å²) in [4.78, 5) is 7.35. The fourth-order valence-corrected chi connectivity index (χ4v) is 0.695. The van der Waals surface area contributed by atoms with Gasteiger partial charge in [-0.3, -0.25) is 0 Å². The highest BCUT2D eigenvalue weighted by atomic mass is 19.2. The molecule has 0 aromatic carbocycles. The first-order valence-electron chi connectivity index (χ1n) is 4.45. The van der Waals surface area contributed by atoms with E-state index < -0.39 is 0 Å². The molecule has 0 aliphatic carbocycles. The monoisotopic (exact) mass is 185 g/mol. The van der Waals surface area contributed by atoms with E-state index in [9.17, 15) is 4.48 Å². The Morgan fingerprint density at radius 1 is 1.23 bits per heavy atom. The van der Waals surface area contributed by atoms with Gasteiger partial charge in [-0.15, -0.1) is 4.48 Å². The average Bonchev–Trinajstić information content (AvgIpc) is 2.22. The summed E-state index contributed by atoms with van der Waals surface area (Å²) in [5.74, 6) is 0. The quantitative estimate of drug-likeness (QED) is 0.576. The predicted molar refractivity (Wildman–Crippen MR) is 50.7 cm³/mol. The number of halogens is 1. The zero-order valence-electron chi connectivity index (χ0n) is 7.91. The molecule has 0 aliphatic heterocycles. The number of rotatable bonds is 4. The van der Waals surface area contributed by atoms with Crippen molar-refractivity contribution >= 4 is 0 Å². The Balaban J connectivity index is 0.000000223. The average molecular weight is 185 g/mol. The summed E-state index contributed by atoms with van der Waals surface area (Å²) >= 11 is 0. The first-order chi connectivity index (χ1) is 6.41. The Morgan fingerprint density at radius 2 is 1.92 bits per heavy atom. The maximum atomic E-state index is 11.1. The van der Waals surface area contributed by atoms with Crippen molar-refractivity contribution in [2.24, 2.45) is 0 Å². The zero-order chi connectivity index (χ0) is 9.78. The van der Waals surface area contributed by atoms with Crippen LogP contribution in [-0.4, -0.2) is 16.5 Å². The van der Waals surface area contributed by atoms with Crippen LogP contribution in [0, 0.1) is 0 Å². The van der Waals surface area contributed by atoms with Crippen LogP contribution in [0.4, 0.5) is 4.48 Å². The van der Waals surface area contributed by atoms with Crippen LogP contribution in [0.1, 0.15) is 26.2 Å². The first kappa shape index (κ1) is 12.0. The maximum absolute atomic E-state index is 11.1. The molecule has 0 unspecified atom stereocenters. The summed E-state index contributed by atoms with van der Waals surface area (Å²) in [6, 6.07) is 1.78. The van der Waals surface area contributed by atoms with Crippen LogP contribution in [0.3, 0.4) is 0 Å². The molecule has 0 atom stereocenters. The maximum Gasteiger partial charge on any atom is 0.115 e. The standard InChI is InChI=1S/C5H12FN.C4H4N2/c1-2-3-4-5-7-6;1-2-5-4-6-3-1/h7H,2-5H2,1H3;1-4H. The Morgan fingerprint density at radius 3 is 2.23 bits per heavy atom. The minimum absolute atomic E-state index is 0.508.